The Morgan fingerprint density at radius 2 is 2.14 bits per heavy atom. The van der Waals surface area contributed by atoms with Crippen molar-refractivity contribution in [2.45, 2.75) is 6.54 Å². The molecule has 0 atom stereocenters. The van der Waals surface area contributed by atoms with Crippen LogP contribution >= 0.6 is 11.3 Å². The first-order chi connectivity index (χ1) is 10.1. The molecule has 6 nitrogen and oxygen atoms in total. The molecule has 0 aliphatic heterocycles. The first kappa shape index (κ1) is 14.9. The number of amides is 2. The lowest BCUT2D eigenvalue weighted by Gasteiger charge is -2.10. The number of hydrogen-bond donors (Lipinski definition) is 3. The molecule has 0 radical (unpaired) electrons. The van der Waals surface area contributed by atoms with Crippen molar-refractivity contribution < 1.29 is 19.4 Å². The van der Waals surface area contributed by atoms with E-state index < -0.39 is 12.0 Å². The first-order valence-corrected chi connectivity index (χ1v) is 7.01. The van der Waals surface area contributed by atoms with Gasteiger partial charge in [0.05, 0.1) is 18.4 Å². The van der Waals surface area contributed by atoms with E-state index in [1.807, 2.05) is 16.8 Å². The average Bonchev–Trinajstić information content (AvgIpc) is 2.98. The number of benzene rings is 1. The van der Waals surface area contributed by atoms with Crippen LogP contribution in [0.1, 0.15) is 15.9 Å². The predicted molar refractivity (Wildman–Crippen MR) is 80.1 cm³/mol. The molecule has 0 aliphatic rings. The molecule has 0 bridgehead atoms. The van der Waals surface area contributed by atoms with E-state index >= 15 is 0 Å². The quantitative estimate of drug-likeness (QED) is 0.792. The lowest BCUT2D eigenvalue weighted by Crippen LogP contribution is -2.28. The summed E-state index contributed by atoms with van der Waals surface area (Å²) in [5, 5.41) is 18.2. The van der Waals surface area contributed by atoms with Crippen LogP contribution in [0.15, 0.2) is 35.0 Å². The van der Waals surface area contributed by atoms with Gasteiger partial charge >= 0.3 is 12.0 Å². The zero-order valence-corrected chi connectivity index (χ0v) is 12.1. The fourth-order valence-corrected chi connectivity index (χ4v) is 2.35. The van der Waals surface area contributed by atoms with Gasteiger partial charge < -0.3 is 20.5 Å². The van der Waals surface area contributed by atoms with Gasteiger partial charge in [-0.25, -0.2) is 9.59 Å². The number of anilines is 1. The number of carboxylic acids is 1. The number of carboxylic acid groups (broad SMARTS) is 1. The van der Waals surface area contributed by atoms with Gasteiger partial charge in [0.2, 0.25) is 0 Å². The molecule has 0 fully saturated rings. The molecular weight excluding hydrogens is 292 g/mol. The van der Waals surface area contributed by atoms with E-state index in [4.69, 9.17) is 9.84 Å². The van der Waals surface area contributed by atoms with Crippen molar-refractivity contribution in [3.63, 3.8) is 0 Å². The van der Waals surface area contributed by atoms with Gasteiger partial charge in [-0.15, -0.1) is 0 Å². The van der Waals surface area contributed by atoms with Crippen molar-refractivity contribution in [1.29, 1.82) is 0 Å². The maximum absolute atomic E-state index is 11.8. The smallest absolute Gasteiger partial charge is 0.337 e. The van der Waals surface area contributed by atoms with Crippen LogP contribution in [0.3, 0.4) is 0 Å². The van der Waals surface area contributed by atoms with E-state index in [1.54, 1.807) is 17.4 Å². The molecule has 2 rings (SSSR count). The second-order valence-electron chi connectivity index (χ2n) is 4.16. The number of hydrogen-bond acceptors (Lipinski definition) is 4. The highest BCUT2D eigenvalue weighted by Gasteiger charge is 2.13. The SMILES string of the molecule is COc1ccc(NC(=O)NCc2ccsc2)c(C(=O)O)c1. The Balaban J connectivity index is 2.04. The van der Waals surface area contributed by atoms with Gasteiger partial charge in [-0.05, 0) is 40.6 Å². The molecule has 3 N–H and O–H groups in total. The highest BCUT2D eigenvalue weighted by Crippen LogP contribution is 2.22. The Morgan fingerprint density at radius 1 is 1.33 bits per heavy atom. The van der Waals surface area contributed by atoms with Gasteiger partial charge in [0, 0.05) is 6.54 Å². The van der Waals surface area contributed by atoms with Crippen LogP contribution in [-0.2, 0) is 6.54 Å². The highest BCUT2D eigenvalue weighted by molar-refractivity contribution is 7.07. The zero-order chi connectivity index (χ0) is 15.2. The zero-order valence-electron chi connectivity index (χ0n) is 11.3. The fourth-order valence-electron chi connectivity index (χ4n) is 1.68. The van der Waals surface area contributed by atoms with E-state index in [-0.39, 0.29) is 11.3 Å². The molecule has 0 saturated carbocycles. The second-order valence-corrected chi connectivity index (χ2v) is 4.94. The topological polar surface area (TPSA) is 87.7 Å². The number of thiophene rings is 1. The summed E-state index contributed by atoms with van der Waals surface area (Å²) in [6.07, 6.45) is 0. The summed E-state index contributed by atoms with van der Waals surface area (Å²) >= 11 is 1.54. The predicted octanol–water partition coefficient (Wildman–Crippen LogP) is 2.78. The van der Waals surface area contributed by atoms with Crippen LogP contribution in [-0.4, -0.2) is 24.2 Å². The van der Waals surface area contributed by atoms with E-state index in [9.17, 15) is 9.59 Å². The Labute approximate surface area is 125 Å². The van der Waals surface area contributed by atoms with Gasteiger partial charge in [0.15, 0.2) is 0 Å². The fraction of sp³-hybridized carbons (Fsp3) is 0.143. The van der Waals surface area contributed by atoms with E-state index in [0.717, 1.165) is 5.56 Å². The standard InChI is InChI=1S/C14H14N2O4S/c1-20-10-2-3-12(11(6-10)13(17)18)16-14(19)15-7-9-4-5-21-8-9/h2-6,8H,7H2,1H3,(H,17,18)(H2,15,16,19). The van der Waals surface area contributed by atoms with E-state index in [0.29, 0.717) is 12.3 Å². The van der Waals surface area contributed by atoms with Gasteiger partial charge in [-0.2, -0.15) is 11.3 Å². The largest absolute Gasteiger partial charge is 0.497 e. The third kappa shape index (κ3) is 3.96. The highest BCUT2D eigenvalue weighted by atomic mass is 32.1. The number of carbonyl (C=O) groups excluding carboxylic acids is 1. The molecule has 110 valence electrons. The molecule has 21 heavy (non-hydrogen) atoms. The molecule has 1 heterocycles. The number of urea groups is 1. The van der Waals surface area contributed by atoms with Gasteiger partial charge in [-0.1, -0.05) is 0 Å². The maximum atomic E-state index is 11.8. The van der Waals surface area contributed by atoms with Crippen LogP contribution in [0.5, 0.6) is 5.75 Å². The summed E-state index contributed by atoms with van der Waals surface area (Å²) in [6.45, 7) is 0.383. The normalized spacial score (nSPS) is 9.95. The van der Waals surface area contributed by atoms with Crippen molar-refractivity contribution in [2.75, 3.05) is 12.4 Å². The van der Waals surface area contributed by atoms with Gasteiger partial charge in [0.1, 0.15) is 5.75 Å². The van der Waals surface area contributed by atoms with Crippen molar-refractivity contribution >= 4 is 29.0 Å². The van der Waals surface area contributed by atoms with Crippen LogP contribution in [0.25, 0.3) is 0 Å². The molecular formula is C14H14N2O4S. The number of nitrogens with one attached hydrogen (secondary N) is 2. The molecule has 0 aliphatic carbocycles. The minimum Gasteiger partial charge on any atom is -0.497 e. The molecule has 0 saturated heterocycles. The molecule has 2 aromatic rings. The van der Waals surface area contributed by atoms with Crippen molar-refractivity contribution in [2.24, 2.45) is 0 Å². The molecule has 0 unspecified atom stereocenters. The van der Waals surface area contributed by atoms with Gasteiger partial charge in [-0.3, -0.25) is 0 Å². The Kier molecular flexibility index (Phi) is 4.78. The molecule has 1 aromatic heterocycles. The summed E-state index contributed by atoms with van der Waals surface area (Å²) in [5.41, 5.74) is 1.18. The monoisotopic (exact) mass is 306 g/mol. The van der Waals surface area contributed by atoms with E-state index in [1.165, 1.54) is 19.2 Å². The number of ether oxygens (including phenoxy) is 1. The van der Waals surface area contributed by atoms with Crippen molar-refractivity contribution in [3.05, 3.63) is 46.2 Å². The Morgan fingerprint density at radius 3 is 2.76 bits per heavy atom. The minimum absolute atomic E-state index is 0.0277. The number of methoxy groups -OCH3 is 1. The Hall–Kier alpha value is -2.54. The van der Waals surface area contributed by atoms with Crippen LogP contribution in [0, 0.1) is 0 Å². The summed E-state index contributed by atoms with van der Waals surface area (Å²) in [7, 11) is 1.45. The number of aromatic carboxylic acids is 1. The van der Waals surface area contributed by atoms with Gasteiger partial charge in [0.25, 0.3) is 0 Å². The molecule has 0 spiro atoms. The maximum Gasteiger partial charge on any atom is 0.337 e. The number of rotatable bonds is 5. The first-order valence-electron chi connectivity index (χ1n) is 6.07. The average molecular weight is 306 g/mol. The van der Waals surface area contributed by atoms with Crippen LogP contribution in [0.4, 0.5) is 10.5 Å². The Bertz CT molecular complexity index is 640. The number of carbonyl (C=O) groups is 2. The second kappa shape index (κ2) is 6.76. The third-order valence-corrected chi connectivity index (χ3v) is 3.47. The summed E-state index contributed by atoms with van der Waals surface area (Å²) in [5.74, 6) is -0.723. The lowest BCUT2D eigenvalue weighted by molar-refractivity contribution is 0.0697. The minimum atomic E-state index is -1.14. The van der Waals surface area contributed by atoms with Crippen molar-refractivity contribution in [3.8, 4) is 5.75 Å². The van der Waals surface area contributed by atoms with Crippen LogP contribution in [0.2, 0.25) is 0 Å². The molecule has 2 amide bonds. The summed E-state index contributed by atoms with van der Waals surface area (Å²) in [6, 6.07) is 5.87. The van der Waals surface area contributed by atoms with E-state index in [2.05, 4.69) is 10.6 Å². The molecule has 1 aromatic carbocycles. The van der Waals surface area contributed by atoms with Crippen molar-refractivity contribution in [1.82, 2.24) is 5.32 Å². The third-order valence-electron chi connectivity index (χ3n) is 2.74. The summed E-state index contributed by atoms with van der Waals surface area (Å²) < 4.78 is 4.97. The van der Waals surface area contributed by atoms with Crippen LogP contribution < -0.4 is 15.4 Å². The lowest BCUT2D eigenvalue weighted by atomic mass is 10.1. The summed E-state index contributed by atoms with van der Waals surface area (Å²) in [4.78, 5) is 23.0. The molecule has 7 heteroatoms.